The van der Waals surface area contributed by atoms with Crippen molar-refractivity contribution in [1.29, 1.82) is 0 Å². The van der Waals surface area contributed by atoms with Gasteiger partial charge < -0.3 is 4.42 Å². The van der Waals surface area contributed by atoms with E-state index < -0.39 is 0 Å². The molecule has 0 atom stereocenters. The second kappa shape index (κ2) is 3.73. The van der Waals surface area contributed by atoms with Gasteiger partial charge in [-0.05, 0) is 12.5 Å². The van der Waals surface area contributed by atoms with Crippen molar-refractivity contribution in [2.45, 2.75) is 20.8 Å². The molecule has 3 heterocycles. The molecule has 0 aliphatic heterocycles. The van der Waals surface area contributed by atoms with Crippen LogP contribution in [-0.2, 0) is 0 Å². The lowest BCUT2D eigenvalue weighted by Gasteiger charge is -1.93. The topological polar surface area (TPSA) is 43.3 Å². The van der Waals surface area contributed by atoms with Crippen molar-refractivity contribution in [3.8, 4) is 0 Å². The summed E-state index contributed by atoms with van der Waals surface area (Å²) in [5.74, 6) is 0. The van der Waals surface area contributed by atoms with Crippen molar-refractivity contribution in [2.24, 2.45) is 0 Å². The van der Waals surface area contributed by atoms with Gasteiger partial charge in [-0.25, -0.2) is 9.50 Å². The molecule has 0 bridgehead atoms. The second-order valence-corrected chi connectivity index (χ2v) is 3.00. The van der Waals surface area contributed by atoms with Crippen LogP contribution < -0.4 is 0 Å². The summed E-state index contributed by atoms with van der Waals surface area (Å²) in [7, 11) is 0. The van der Waals surface area contributed by atoms with Crippen LogP contribution in [-0.4, -0.2) is 14.6 Å². The van der Waals surface area contributed by atoms with Crippen molar-refractivity contribution in [3.63, 3.8) is 0 Å². The molecule has 0 spiro atoms. The summed E-state index contributed by atoms with van der Waals surface area (Å²) in [6, 6.07) is 1.86. The maximum atomic E-state index is 5.20. The Morgan fingerprint density at radius 1 is 1.33 bits per heavy atom. The highest BCUT2D eigenvalue weighted by atomic mass is 16.3. The van der Waals surface area contributed by atoms with E-state index in [-0.39, 0.29) is 0 Å². The van der Waals surface area contributed by atoms with E-state index in [4.69, 9.17) is 4.42 Å². The summed E-state index contributed by atoms with van der Waals surface area (Å²) >= 11 is 0. The number of hydrogen-bond donors (Lipinski definition) is 0. The van der Waals surface area contributed by atoms with E-state index in [9.17, 15) is 0 Å². The molecule has 78 valence electrons. The van der Waals surface area contributed by atoms with Gasteiger partial charge in [0.2, 0.25) is 0 Å². The van der Waals surface area contributed by atoms with Gasteiger partial charge in [0, 0.05) is 12.3 Å². The third-order valence-electron chi connectivity index (χ3n) is 2.16. The van der Waals surface area contributed by atoms with Gasteiger partial charge >= 0.3 is 0 Å². The van der Waals surface area contributed by atoms with E-state index >= 15 is 0 Å². The summed E-state index contributed by atoms with van der Waals surface area (Å²) in [5.41, 5.74) is 3.80. The molecule has 0 aliphatic carbocycles. The molecule has 3 aromatic heterocycles. The third kappa shape index (κ3) is 1.38. The van der Waals surface area contributed by atoms with E-state index in [2.05, 4.69) is 10.1 Å². The molecule has 0 aromatic carbocycles. The Morgan fingerprint density at radius 3 is 2.93 bits per heavy atom. The monoisotopic (exact) mass is 203 g/mol. The van der Waals surface area contributed by atoms with Gasteiger partial charge in [-0.2, -0.15) is 5.10 Å². The van der Waals surface area contributed by atoms with Crippen molar-refractivity contribution in [3.05, 3.63) is 30.4 Å². The molecule has 3 rings (SSSR count). The first-order chi connectivity index (χ1) is 7.36. The number of nitrogens with zero attached hydrogens (tertiary/aromatic N) is 3. The molecule has 0 aliphatic rings. The van der Waals surface area contributed by atoms with Crippen LogP contribution in [0.4, 0.5) is 0 Å². The van der Waals surface area contributed by atoms with E-state index in [0.717, 1.165) is 22.2 Å². The van der Waals surface area contributed by atoms with Crippen LogP contribution in [0.1, 0.15) is 19.4 Å². The predicted molar refractivity (Wildman–Crippen MR) is 58.8 cm³/mol. The molecule has 0 unspecified atom stereocenters. The highest BCUT2D eigenvalue weighted by molar-refractivity contribution is 5.90. The van der Waals surface area contributed by atoms with E-state index in [1.165, 1.54) is 6.39 Å². The molecule has 0 fully saturated rings. The largest absolute Gasteiger partial charge is 0.443 e. The van der Waals surface area contributed by atoms with Gasteiger partial charge in [0.15, 0.2) is 12.0 Å². The second-order valence-electron chi connectivity index (χ2n) is 3.00. The molecular formula is C11H13N3O. The highest BCUT2D eigenvalue weighted by Crippen LogP contribution is 2.20. The van der Waals surface area contributed by atoms with E-state index in [1.54, 1.807) is 4.52 Å². The zero-order valence-corrected chi connectivity index (χ0v) is 9.06. The Balaban J connectivity index is 0.000000404. The number of aromatic nitrogens is 3. The Hall–Kier alpha value is -1.84. The summed E-state index contributed by atoms with van der Waals surface area (Å²) in [4.78, 5) is 4.15. The summed E-state index contributed by atoms with van der Waals surface area (Å²) in [6.07, 6.45) is 5.15. The van der Waals surface area contributed by atoms with Crippen molar-refractivity contribution < 1.29 is 4.42 Å². The molecule has 0 amide bonds. The average molecular weight is 203 g/mol. The lowest BCUT2D eigenvalue weighted by atomic mass is 10.2. The van der Waals surface area contributed by atoms with Gasteiger partial charge in [0.05, 0.1) is 11.7 Å². The maximum Gasteiger partial charge on any atom is 0.182 e. The SMILES string of the molecule is CC.Cc1cnn2ccc3ocnc3c12. The summed E-state index contributed by atoms with van der Waals surface area (Å²) in [6.45, 7) is 6.01. The predicted octanol–water partition coefficient (Wildman–Crippen LogP) is 2.81. The molecule has 3 aromatic rings. The Bertz CT molecular complexity index is 580. The zero-order chi connectivity index (χ0) is 10.8. The van der Waals surface area contributed by atoms with Gasteiger partial charge in [-0.1, -0.05) is 13.8 Å². The third-order valence-corrected chi connectivity index (χ3v) is 2.16. The van der Waals surface area contributed by atoms with Crippen LogP contribution in [0, 0.1) is 6.92 Å². The molecular weight excluding hydrogens is 190 g/mol. The summed E-state index contributed by atoms with van der Waals surface area (Å²) < 4.78 is 7.00. The number of oxazole rings is 1. The first kappa shape index (κ1) is 9.71. The molecule has 0 saturated carbocycles. The van der Waals surface area contributed by atoms with Crippen LogP contribution in [0.15, 0.2) is 29.3 Å². The molecule has 0 N–H and O–H groups in total. The molecule has 4 heteroatoms. The van der Waals surface area contributed by atoms with Gasteiger partial charge in [-0.3, -0.25) is 0 Å². The van der Waals surface area contributed by atoms with Gasteiger partial charge in [-0.15, -0.1) is 0 Å². The number of hydrogen-bond acceptors (Lipinski definition) is 3. The fourth-order valence-electron chi connectivity index (χ4n) is 1.55. The van der Waals surface area contributed by atoms with Crippen molar-refractivity contribution in [1.82, 2.24) is 14.6 Å². The fraction of sp³-hybridized carbons (Fsp3) is 0.273. The first-order valence-electron chi connectivity index (χ1n) is 5.02. The van der Waals surface area contributed by atoms with Crippen LogP contribution in [0.25, 0.3) is 16.6 Å². The molecule has 0 radical (unpaired) electrons. The number of aryl methyl sites for hydroxylation is 1. The normalized spacial score (nSPS) is 10.3. The number of fused-ring (bicyclic) bond motifs is 3. The quantitative estimate of drug-likeness (QED) is 0.564. The van der Waals surface area contributed by atoms with Crippen molar-refractivity contribution >= 4 is 16.6 Å². The first-order valence-corrected chi connectivity index (χ1v) is 5.02. The molecule has 15 heavy (non-hydrogen) atoms. The smallest absolute Gasteiger partial charge is 0.182 e. The minimum absolute atomic E-state index is 0.802. The van der Waals surface area contributed by atoms with E-state index in [1.807, 2.05) is 39.2 Å². The maximum absolute atomic E-state index is 5.20. The van der Waals surface area contributed by atoms with Gasteiger partial charge in [0.25, 0.3) is 0 Å². The lowest BCUT2D eigenvalue weighted by molar-refractivity contribution is 0.602. The Morgan fingerprint density at radius 2 is 2.13 bits per heavy atom. The number of rotatable bonds is 0. The van der Waals surface area contributed by atoms with Crippen molar-refractivity contribution in [2.75, 3.05) is 0 Å². The lowest BCUT2D eigenvalue weighted by Crippen LogP contribution is -1.86. The zero-order valence-electron chi connectivity index (χ0n) is 9.06. The Kier molecular flexibility index (Phi) is 2.41. The highest BCUT2D eigenvalue weighted by Gasteiger charge is 2.07. The number of pyridine rings is 1. The molecule has 0 saturated heterocycles. The van der Waals surface area contributed by atoms with Crippen LogP contribution in [0.2, 0.25) is 0 Å². The van der Waals surface area contributed by atoms with E-state index in [0.29, 0.717) is 0 Å². The van der Waals surface area contributed by atoms with Crippen LogP contribution in [0.5, 0.6) is 0 Å². The fourth-order valence-corrected chi connectivity index (χ4v) is 1.55. The minimum atomic E-state index is 0.802. The van der Waals surface area contributed by atoms with Crippen LogP contribution in [0.3, 0.4) is 0 Å². The van der Waals surface area contributed by atoms with Gasteiger partial charge in [0.1, 0.15) is 5.52 Å². The minimum Gasteiger partial charge on any atom is -0.443 e. The molecule has 4 nitrogen and oxygen atoms in total. The standard InChI is InChI=1S/C9H7N3O.C2H6/c1-6-4-11-12-3-2-7-8(9(6)12)10-5-13-7;1-2/h2-5H,1H3;1-2H3. The summed E-state index contributed by atoms with van der Waals surface area (Å²) in [5, 5.41) is 4.18. The average Bonchev–Trinajstić information content (AvgIpc) is 2.87. The van der Waals surface area contributed by atoms with Crippen LogP contribution >= 0.6 is 0 Å². The Labute approximate surface area is 87.5 Å².